The molecule has 0 spiro atoms. The van der Waals surface area contributed by atoms with Gasteiger partial charge in [-0.3, -0.25) is 44.2 Å². The number of amides is 6. The molecule has 3 N–H and O–H groups in total. The molecule has 8 heterocycles. The van der Waals surface area contributed by atoms with Crippen LogP contribution in [-0.4, -0.2) is 161 Å². The summed E-state index contributed by atoms with van der Waals surface area (Å²) >= 11 is 0. The molecule has 5 atom stereocenters. The molecule has 11 rings (SSSR count). The van der Waals surface area contributed by atoms with Crippen molar-refractivity contribution in [2.75, 3.05) is 70.1 Å². The first-order valence-electron chi connectivity index (χ1n) is 30.3. The van der Waals surface area contributed by atoms with Crippen LogP contribution in [0.2, 0.25) is 0 Å². The topological polar surface area (TPSA) is 236 Å². The minimum Gasteiger partial charge on any atom is -0.468 e. The molecule has 5 saturated heterocycles. The number of pyridine rings is 1. The van der Waals surface area contributed by atoms with E-state index in [4.69, 9.17) is 40.1 Å². The number of unbranched alkanes of at least 4 members (excludes halogenated alkanes) is 6. The minimum absolute atomic E-state index is 0.0420. The predicted molar refractivity (Wildman–Crippen MR) is 318 cm³/mol. The van der Waals surface area contributed by atoms with Gasteiger partial charge in [0.15, 0.2) is 12.6 Å². The maximum Gasteiger partial charge on any atom is 0.410 e. The van der Waals surface area contributed by atoms with Gasteiger partial charge < -0.3 is 39.2 Å². The SMILES string of the molecule is C#Cc1c(F)ccc2cc(OCOC)cc(-c3ncc4c(N5CC6CCC(C5)N6C(=O)OC(C)(C)C)nc(OC[C@@]56CCCN5[C@H](COC(=O)NCCCCCCCCCNc5cccc7c5C(=O)N(C5CCC(=O)NC5=O)C7=O)CC6)nc4c3F)c12. The van der Waals surface area contributed by atoms with Crippen LogP contribution in [0, 0.1) is 24.0 Å². The lowest BCUT2D eigenvalue weighted by molar-refractivity contribution is -0.136. The van der Waals surface area contributed by atoms with Crippen LogP contribution in [0.4, 0.5) is 29.9 Å². The van der Waals surface area contributed by atoms with E-state index in [0.717, 1.165) is 94.9 Å². The van der Waals surface area contributed by atoms with Crippen molar-refractivity contribution in [2.24, 2.45) is 0 Å². The lowest BCUT2D eigenvalue weighted by Crippen LogP contribution is -2.57. The Morgan fingerprint density at radius 3 is 2.38 bits per heavy atom. The summed E-state index contributed by atoms with van der Waals surface area (Å²) in [5.74, 6) is -0.418. The number of hydrogen-bond donors (Lipinski definition) is 3. The fraction of sp³-hybridized carbons (Fsp3) is 0.516. The van der Waals surface area contributed by atoms with E-state index < -0.39 is 58.5 Å². The Kier molecular flexibility index (Phi) is 17.8. The van der Waals surface area contributed by atoms with Crippen molar-refractivity contribution >= 4 is 69.0 Å². The van der Waals surface area contributed by atoms with Gasteiger partial charge in [-0.05, 0) is 121 Å². The van der Waals surface area contributed by atoms with E-state index in [2.05, 4.69) is 31.8 Å². The van der Waals surface area contributed by atoms with Gasteiger partial charge in [-0.15, -0.1) is 6.42 Å². The zero-order chi connectivity index (χ0) is 61.1. The average molecular weight is 1200 g/mol. The van der Waals surface area contributed by atoms with Crippen LogP contribution < -0.4 is 30.3 Å². The van der Waals surface area contributed by atoms with Crippen molar-refractivity contribution in [1.82, 2.24) is 40.3 Å². The monoisotopic (exact) mass is 1200 g/mol. The summed E-state index contributed by atoms with van der Waals surface area (Å²) in [6.07, 6.45) is 18.1. The molecule has 0 radical (unpaired) electrons. The molecule has 6 aliphatic rings. The van der Waals surface area contributed by atoms with Crippen LogP contribution in [0.25, 0.3) is 32.9 Å². The van der Waals surface area contributed by atoms with Gasteiger partial charge in [0.1, 0.15) is 53.5 Å². The highest BCUT2D eigenvalue weighted by Crippen LogP contribution is 2.45. The van der Waals surface area contributed by atoms with Gasteiger partial charge in [-0.25, -0.2) is 18.4 Å². The lowest BCUT2D eigenvalue weighted by atomic mass is 9.95. The second-order valence-corrected chi connectivity index (χ2v) is 24.5. The molecule has 2 aromatic heterocycles. The van der Waals surface area contributed by atoms with E-state index in [1.54, 1.807) is 36.4 Å². The van der Waals surface area contributed by atoms with Gasteiger partial charge in [-0.1, -0.05) is 50.2 Å². The molecule has 21 nitrogen and oxygen atoms in total. The summed E-state index contributed by atoms with van der Waals surface area (Å²) in [4.78, 5) is 98.9. The standard InChI is InChI=1S/C64H74F2N10O11/c1-6-43-47(65)21-18-38-30-42(86-37-83-5)31-45(51(38)43)54-53(66)55-46(32-69-54)56(73-33-39-19-20-40(34-73)75(39)62(82)87-63(2,3)4)72-60(71-55)85-36-64-25-15-29-74(64)41(24-26-64)35-84-61(81)68-28-13-11-9-7-8-10-12-27-67-48-17-14-16-44-52(48)59(80)76(58(44)79)49-22-23-50(77)70-57(49)78/h1,14,16-18,21,30-32,39-41,49,67H,7-13,15,19-20,22-29,33-37H2,2-5H3,(H,68,81)(H,70,77,78)/t39?,40?,41-,49?,64-/m0/s1. The van der Waals surface area contributed by atoms with Crippen LogP contribution in [0.1, 0.15) is 143 Å². The molecule has 3 unspecified atom stereocenters. The van der Waals surface area contributed by atoms with Crippen LogP contribution in [0.5, 0.6) is 11.8 Å². The summed E-state index contributed by atoms with van der Waals surface area (Å²) in [7, 11) is 1.48. The number of carbonyl (C=O) groups excluding carboxylic acids is 6. The molecule has 6 aliphatic heterocycles. The fourth-order valence-corrected chi connectivity index (χ4v) is 13.6. The Balaban J connectivity index is 0.687. The number of rotatable bonds is 22. The second-order valence-electron chi connectivity index (χ2n) is 24.5. The molecule has 0 aliphatic carbocycles. The van der Waals surface area contributed by atoms with Crippen LogP contribution in [0.3, 0.4) is 0 Å². The highest BCUT2D eigenvalue weighted by molar-refractivity contribution is 6.25. The number of alkyl carbamates (subject to hydrolysis) is 1. The van der Waals surface area contributed by atoms with Gasteiger partial charge in [0.05, 0.1) is 39.7 Å². The summed E-state index contributed by atoms with van der Waals surface area (Å²) in [5.41, 5.74) is -0.128. The van der Waals surface area contributed by atoms with E-state index >= 15 is 8.78 Å². The molecule has 3 aromatic carbocycles. The van der Waals surface area contributed by atoms with E-state index in [9.17, 15) is 28.8 Å². The number of hydrogen-bond acceptors (Lipinski definition) is 17. The van der Waals surface area contributed by atoms with Crippen molar-refractivity contribution < 1.29 is 61.2 Å². The molecule has 5 aromatic rings. The number of halogens is 2. The largest absolute Gasteiger partial charge is 0.468 e. The molecule has 23 heteroatoms. The third kappa shape index (κ3) is 12.5. The second kappa shape index (κ2) is 25.6. The summed E-state index contributed by atoms with van der Waals surface area (Å²) in [6.45, 7) is 8.46. The highest BCUT2D eigenvalue weighted by atomic mass is 19.1. The van der Waals surface area contributed by atoms with Gasteiger partial charge in [0.25, 0.3) is 11.8 Å². The average Bonchev–Trinajstić information content (AvgIpc) is 1.81. The Labute approximate surface area is 503 Å². The number of terminal acetylenes is 1. The van der Waals surface area contributed by atoms with E-state index in [-0.39, 0.29) is 102 Å². The molecular formula is C64H74F2N10O11. The highest BCUT2D eigenvalue weighted by Gasteiger charge is 2.51. The van der Waals surface area contributed by atoms with Gasteiger partial charge in [0, 0.05) is 68.6 Å². The van der Waals surface area contributed by atoms with Crippen molar-refractivity contribution in [2.45, 2.75) is 152 Å². The number of piperidine rings is 1. The van der Waals surface area contributed by atoms with Crippen LogP contribution in [-0.2, 0) is 23.8 Å². The Bertz CT molecular complexity index is 3540. The molecule has 2 bridgehead atoms. The quantitative estimate of drug-likeness (QED) is 0.0254. The maximum absolute atomic E-state index is 17.7. The number of benzene rings is 3. The third-order valence-corrected chi connectivity index (χ3v) is 17.6. The number of anilines is 2. The van der Waals surface area contributed by atoms with Gasteiger partial charge >= 0.3 is 18.2 Å². The summed E-state index contributed by atoms with van der Waals surface area (Å²) < 4.78 is 62.4. The summed E-state index contributed by atoms with van der Waals surface area (Å²) in [5, 5.41) is 9.54. The van der Waals surface area contributed by atoms with Gasteiger partial charge in [0.2, 0.25) is 11.8 Å². The smallest absolute Gasteiger partial charge is 0.410 e. The number of methoxy groups -OCH3 is 1. The number of fused-ring (bicyclic) bond motifs is 6. The van der Waals surface area contributed by atoms with Crippen molar-refractivity contribution in [1.29, 1.82) is 0 Å². The van der Waals surface area contributed by atoms with Crippen molar-refractivity contribution in [3.05, 3.63) is 77.0 Å². The van der Waals surface area contributed by atoms with Crippen molar-refractivity contribution in [3.63, 3.8) is 0 Å². The maximum atomic E-state index is 17.7. The Hall–Kier alpha value is -8.23. The first kappa shape index (κ1) is 60.5. The summed E-state index contributed by atoms with van der Waals surface area (Å²) in [6, 6.07) is 9.58. The predicted octanol–water partition coefficient (Wildman–Crippen LogP) is 9.02. The number of nitrogens with one attached hydrogen (secondary N) is 3. The van der Waals surface area contributed by atoms with E-state index in [1.165, 1.54) is 19.4 Å². The van der Waals surface area contributed by atoms with E-state index in [0.29, 0.717) is 54.2 Å². The third-order valence-electron chi connectivity index (χ3n) is 17.6. The lowest BCUT2D eigenvalue weighted by Gasteiger charge is -2.42. The first-order chi connectivity index (χ1) is 41.9. The number of carbonyl (C=O) groups is 6. The fourth-order valence-electron chi connectivity index (χ4n) is 13.6. The molecule has 6 amide bonds. The van der Waals surface area contributed by atoms with E-state index in [1.807, 2.05) is 30.6 Å². The number of nitrogens with zero attached hydrogens (tertiary/aromatic N) is 7. The molecule has 87 heavy (non-hydrogen) atoms. The normalized spacial score (nSPS) is 21.7. The van der Waals surface area contributed by atoms with Crippen LogP contribution in [0.15, 0.2) is 48.7 Å². The zero-order valence-corrected chi connectivity index (χ0v) is 49.6. The van der Waals surface area contributed by atoms with Crippen LogP contribution >= 0.6 is 0 Å². The first-order valence-corrected chi connectivity index (χ1v) is 30.3. The van der Waals surface area contributed by atoms with Gasteiger partial charge in [-0.2, -0.15) is 9.97 Å². The number of aromatic nitrogens is 3. The zero-order valence-electron chi connectivity index (χ0n) is 49.6. The Morgan fingerprint density at radius 2 is 1.64 bits per heavy atom. The number of piperazine rings is 1. The number of ether oxygens (including phenoxy) is 5. The molecule has 0 saturated carbocycles. The Morgan fingerprint density at radius 1 is 0.885 bits per heavy atom. The van der Waals surface area contributed by atoms with Crippen molar-refractivity contribution in [3.8, 4) is 35.4 Å². The molecule has 5 fully saturated rings. The molecular weight excluding hydrogens is 1120 g/mol. The molecule has 460 valence electrons. The number of imide groups is 2. The minimum atomic E-state index is -1.02.